The smallest absolute Gasteiger partial charge is 0.289 e. The Balaban J connectivity index is 2.13. The lowest BCUT2D eigenvalue weighted by Gasteiger charge is -2.27. The summed E-state index contributed by atoms with van der Waals surface area (Å²) < 4.78 is 5.11. The van der Waals surface area contributed by atoms with Gasteiger partial charge in [0.05, 0.1) is 18.9 Å². The molecule has 0 bridgehead atoms. The largest absolute Gasteiger partial charge is 0.459 e. The molecule has 1 N–H and O–H groups in total. The molecule has 1 aromatic rings. The van der Waals surface area contributed by atoms with E-state index in [4.69, 9.17) is 4.42 Å². The van der Waals surface area contributed by atoms with Crippen molar-refractivity contribution in [2.75, 3.05) is 13.2 Å². The van der Waals surface area contributed by atoms with Gasteiger partial charge in [0, 0.05) is 6.54 Å². The van der Waals surface area contributed by atoms with Crippen molar-refractivity contribution in [3.63, 3.8) is 0 Å². The number of amides is 1. The molecule has 1 fully saturated rings. The van der Waals surface area contributed by atoms with Crippen LogP contribution in [-0.4, -0.2) is 35.1 Å². The molecule has 0 spiro atoms. The minimum Gasteiger partial charge on any atom is -0.459 e. The van der Waals surface area contributed by atoms with E-state index in [2.05, 4.69) is 0 Å². The standard InChI is InChI=1S/C12H17NO3/c14-9-10-5-2-1-3-7-13(10)12(15)11-6-4-8-16-11/h4,6,8,10,14H,1-3,5,7,9H2. The van der Waals surface area contributed by atoms with Gasteiger partial charge < -0.3 is 14.4 Å². The van der Waals surface area contributed by atoms with Gasteiger partial charge in [-0.15, -0.1) is 0 Å². The van der Waals surface area contributed by atoms with E-state index in [0.29, 0.717) is 12.3 Å². The predicted octanol–water partition coefficient (Wildman–Crippen LogP) is 1.66. The Kier molecular flexibility index (Phi) is 3.62. The molecular formula is C12H17NO3. The van der Waals surface area contributed by atoms with Crippen molar-refractivity contribution >= 4 is 5.91 Å². The van der Waals surface area contributed by atoms with Crippen LogP contribution in [0, 0.1) is 0 Å². The lowest BCUT2D eigenvalue weighted by Crippen LogP contribution is -2.41. The van der Waals surface area contributed by atoms with Crippen molar-refractivity contribution in [2.45, 2.75) is 31.7 Å². The molecule has 4 heteroatoms. The monoisotopic (exact) mass is 223 g/mol. The van der Waals surface area contributed by atoms with E-state index in [1.54, 1.807) is 17.0 Å². The van der Waals surface area contributed by atoms with Crippen LogP contribution in [0.2, 0.25) is 0 Å². The third-order valence-corrected chi connectivity index (χ3v) is 3.08. The second kappa shape index (κ2) is 5.16. The molecule has 0 radical (unpaired) electrons. The van der Waals surface area contributed by atoms with E-state index >= 15 is 0 Å². The van der Waals surface area contributed by atoms with Gasteiger partial charge in [0.1, 0.15) is 0 Å². The Labute approximate surface area is 94.9 Å². The molecule has 1 saturated heterocycles. The third kappa shape index (κ3) is 2.27. The summed E-state index contributed by atoms with van der Waals surface area (Å²) >= 11 is 0. The molecule has 4 nitrogen and oxygen atoms in total. The lowest BCUT2D eigenvalue weighted by molar-refractivity contribution is 0.0568. The van der Waals surface area contributed by atoms with Crippen LogP contribution in [0.3, 0.4) is 0 Å². The van der Waals surface area contributed by atoms with Crippen LogP contribution >= 0.6 is 0 Å². The molecule has 1 aromatic heterocycles. The van der Waals surface area contributed by atoms with E-state index in [1.165, 1.54) is 6.26 Å². The Bertz CT molecular complexity index is 334. The van der Waals surface area contributed by atoms with E-state index in [9.17, 15) is 9.90 Å². The maximum absolute atomic E-state index is 12.1. The number of rotatable bonds is 2. The maximum Gasteiger partial charge on any atom is 0.289 e. The highest BCUT2D eigenvalue weighted by Crippen LogP contribution is 2.19. The van der Waals surface area contributed by atoms with Crippen LogP contribution in [0.4, 0.5) is 0 Å². The number of carbonyl (C=O) groups is 1. The summed E-state index contributed by atoms with van der Waals surface area (Å²) in [7, 11) is 0. The van der Waals surface area contributed by atoms with Crippen molar-refractivity contribution < 1.29 is 14.3 Å². The second-order valence-corrected chi connectivity index (χ2v) is 4.16. The van der Waals surface area contributed by atoms with Gasteiger partial charge in [0.2, 0.25) is 0 Å². The predicted molar refractivity (Wildman–Crippen MR) is 59.1 cm³/mol. The van der Waals surface area contributed by atoms with E-state index in [1.807, 2.05) is 0 Å². The van der Waals surface area contributed by atoms with Crippen molar-refractivity contribution in [2.24, 2.45) is 0 Å². The molecule has 1 aliphatic rings. The molecule has 0 saturated carbocycles. The van der Waals surface area contributed by atoms with Crippen LogP contribution < -0.4 is 0 Å². The summed E-state index contributed by atoms with van der Waals surface area (Å²) in [6.07, 6.45) is 5.58. The molecule has 1 amide bonds. The average Bonchev–Trinajstić information content (AvgIpc) is 2.73. The number of carbonyl (C=O) groups excluding carboxylic acids is 1. The van der Waals surface area contributed by atoms with Gasteiger partial charge in [-0.2, -0.15) is 0 Å². The topological polar surface area (TPSA) is 53.7 Å². The quantitative estimate of drug-likeness (QED) is 0.829. The summed E-state index contributed by atoms with van der Waals surface area (Å²) in [5.41, 5.74) is 0. The Hall–Kier alpha value is -1.29. The fourth-order valence-corrected chi connectivity index (χ4v) is 2.18. The number of aliphatic hydroxyl groups excluding tert-OH is 1. The minimum atomic E-state index is -0.106. The summed E-state index contributed by atoms with van der Waals surface area (Å²) in [5.74, 6) is 0.256. The number of aliphatic hydroxyl groups is 1. The minimum absolute atomic E-state index is 0.0342. The van der Waals surface area contributed by atoms with Gasteiger partial charge in [-0.1, -0.05) is 12.8 Å². The van der Waals surface area contributed by atoms with Gasteiger partial charge in [0.15, 0.2) is 5.76 Å². The molecule has 0 aliphatic carbocycles. The summed E-state index contributed by atoms with van der Waals surface area (Å²) in [6.45, 7) is 0.747. The average molecular weight is 223 g/mol. The molecule has 2 rings (SSSR count). The molecule has 1 aliphatic heterocycles. The number of nitrogens with zero attached hydrogens (tertiary/aromatic N) is 1. The lowest BCUT2D eigenvalue weighted by atomic mass is 10.1. The summed E-state index contributed by atoms with van der Waals surface area (Å²) in [5, 5.41) is 9.31. The van der Waals surface area contributed by atoms with Crippen LogP contribution in [0.1, 0.15) is 36.2 Å². The van der Waals surface area contributed by atoms with Crippen LogP contribution in [0.15, 0.2) is 22.8 Å². The molecule has 0 aromatic carbocycles. The number of hydrogen-bond donors (Lipinski definition) is 1. The highest BCUT2D eigenvalue weighted by atomic mass is 16.3. The van der Waals surface area contributed by atoms with Crippen LogP contribution in [0.25, 0.3) is 0 Å². The number of hydrogen-bond acceptors (Lipinski definition) is 3. The van der Waals surface area contributed by atoms with Gasteiger partial charge in [-0.25, -0.2) is 0 Å². The number of likely N-dealkylation sites (tertiary alicyclic amines) is 1. The zero-order valence-corrected chi connectivity index (χ0v) is 9.26. The second-order valence-electron chi connectivity index (χ2n) is 4.16. The zero-order valence-electron chi connectivity index (χ0n) is 9.26. The van der Waals surface area contributed by atoms with Gasteiger partial charge in [0.25, 0.3) is 5.91 Å². The van der Waals surface area contributed by atoms with E-state index in [0.717, 1.165) is 25.7 Å². The normalized spacial score (nSPS) is 21.8. The summed E-state index contributed by atoms with van der Waals surface area (Å²) in [6, 6.07) is 3.32. The van der Waals surface area contributed by atoms with Gasteiger partial charge >= 0.3 is 0 Å². The first-order valence-electron chi connectivity index (χ1n) is 5.78. The fourth-order valence-electron chi connectivity index (χ4n) is 2.18. The van der Waals surface area contributed by atoms with Crippen molar-refractivity contribution in [3.05, 3.63) is 24.2 Å². The molecule has 1 atom stereocenters. The Morgan fingerprint density at radius 1 is 1.50 bits per heavy atom. The first-order valence-corrected chi connectivity index (χ1v) is 5.78. The first-order chi connectivity index (χ1) is 7.83. The Morgan fingerprint density at radius 3 is 3.06 bits per heavy atom. The summed E-state index contributed by atoms with van der Waals surface area (Å²) in [4.78, 5) is 13.8. The molecule has 16 heavy (non-hydrogen) atoms. The zero-order chi connectivity index (χ0) is 11.4. The van der Waals surface area contributed by atoms with Crippen LogP contribution in [-0.2, 0) is 0 Å². The van der Waals surface area contributed by atoms with E-state index < -0.39 is 0 Å². The maximum atomic E-state index is 12.1. The van der Waals surface area contributed by atoms with Crippen LogP contribution in [0.5, 0.6) is 0 Å². The Morgan fingerprint density at radius 2 is 2.38 bits per heavy atom. The van der Waals surface area contributed by atoms with Crippen molar-refractivity contribution in [1.29, 1.82) is 0 Å². The van der Waals surface area contributed by atoms with E-state index in [-0.39, 0.29) is 18.6 Å². The fraction of sp³-hybridized carbons (Fsp3) is 0.583. The highest BCUT2D eigenvalue weighted by Gasteiger charge is 2.26. The number of furan rings is 1. The van der Waals surface area contributed by atoms with Gasteiger partial charge in [-0.3, -0.25) is 4.79 Å². The highest BCUT2D eigenvalue weighted by molar-refractivity contribution is 5.91. The molecular weight excluding hydrogens is 206 g/mol. The molecule has 88 valence electrons. The molecule has 1 unspecified atom stereocenters. The molecule has 2 heterocycles. The first kappa shape index (κ1) is 11.2. The van der Waals surface area contributed by atoms with Gasteiger partial charge in [-0.05, 0) is 25.0 Å². The SMILES string of the molecule is O=C(c1ccco1)N1CCCCCC1CO. The van der Waals surface area contributed by atoms with Crippen molar-refractivity contribution in [3.8, 4) is 0 Å². The van der Waals surface area contributed by atoms with Crippen molar-refractivity contribution in [1.82, 2.24) is 4.90 Å². The third-order valence-electron chi connectivity index (χ3n) is 3.08.